The van der Waals surface area contributed by atoms with E-state index >= 15 is 0 Å². The minimum absolute atomic E-state index is 0.778. The molecule has 0 aliphatic carbocycles. The molecule has 330 valence electrons. The number of rotatable bonds is 0. The van der Waals surface area contributed by atoms with E-state index in [0.717, 1.165) is 120 Å². The highest BCUT2D eigenvalue weighted by atomic mass is 14.6. The second kappa shape index (κ2) is 9.21. The monoisotopic (exact) mass is 928 g/mol. The SMILES string of the molecule is Nc1c2cccc3c4c(N)cc5ccc6c(N)c7cc8cc9c(N)c%10cccc%11c%12c(N)cc%13ccc%14c(N)c%15cc%16cc1c1c(c23)c2c4c5c6c3c7c4c8c5c9c(c%10%11)c6c%12c%13c%14c7c%15c8c%16c1c(c32)c4c8c5c76. The molecule has 0 bridgehead atoms. The van der Waals surface area contributed by atoms with E-state index in [2.05, 4.69) is 97.1 Å². The van der Waals surface area contributed by atoms with E-state index in [0.29, 0.717) is 0 Å². The van der Waals surface area contributed by atoms with Gasteiger partial charge in [-0.3, -0.25) is 0 Å². The van der Waals surface area contributed by atoms with Crippen LogP contribution in [-0.2, 0) is 0 Å². The Morgan fingerprint density at radius 3 is 0.757 bits per heavy atom. The van der Waals surface area contributed by atoms with Gasteiger partial charge < -0.3 is 34.4 Å². The van der Waals surface area contributed by atoms with E-state index in [1.54, 1.807) is 0 Å². The van der Waals surface area contributed by atoms with E-state index < -0.39 is 0 Å². The van der Waals surface area contributed by atoms with Crippen molar-refractivity contribution in [2.45, 2.75) is 0 Å². The van der Waals surface area contributed by atoms with Crippen LogP contribution >= 0.6 is 0 Å². The van der Waals surface area contributed by atoms with Gasteiger partial charge in [-0.1, -0.05) is 60.7 Å². The predicted octanol–water partition coefficient (Wildman–Crippen LogP) is 17.3. The van der Waals surface area contributed by atoms with Crippen molar-refractivity contribution in [3.8, 4) is 0 Å². The topological polar surface area (TPSA) is 156 Å². The molecular formula is C68H28N6. The molecule has 0 atom stereocenters. The van der Waals surface area contributed by atoms with E-state index in [1.165, 1.54) is 162 Å². The number of hydrogen-bond donors (Lipinski definition) is 6. The Morgan fingerprint density at radius 2 is 0.405 bits per heavy atom. The summed E-state index contributed by atoms with van der Waals surface area (Å²) in [4.78, 5) is 0. The quantitative estimate of drug-likeness (QED) is 0.0505. The first kappa shape index (κ1) is 33.5. The molecule has 24 aromatic carbocycles. The van der Waals surface area contributed by atoms with Gasteiger partial charge in [-0.25, -0.2) is 0 Å². The third-order valence-corrected chi connectivity index (χ3v) is 20.8. The molecular weight excluding hydrogens is 901 g/mol. The van der Waals surface area contributed by atoms with Crippen molar-refractivity contribution >= 4 is 282 Å². The van der Waals surface area contributed by atoms with Gasteiger partial charge in [0, 0.05) is 185 Å². The highest BCUT2D eigenvalue weighted by Gasteiger charge is 2.39. The fourth-order valence-corrected chi connectivity index (χ4v) is 18.7. The molecule has 24 rings (SSSR count). The molecule has 24 aromatic rings. The maximum Gasteiger partial charge on any atom is 0.0474 e. The van der Waals surface area contributed by atoms with Gasteiger partial charge in [-0.2, -0.15) is 0 Å². The summed E-state index contributed by atoms with van der Waals surface area (Å²) in [6.45, 7) is 0. The number of benzene rings is 24. The summed E-state index contributed by atoms with van der Waals surface area (Å²) in [5.41, 5.74) is 50.6. The molecule has 0 unspecified atom stereocenters. The van der Waals surface area contributed by atoms with Crippen LogP contribution in [0.2, 0.25) is 0 Å². The van der Waals surface area contributed by atoms with Crippen LogP contribution in [0, 0.1) is 0 Å². The fourth-order valence-electron chi connectivity index (χ4n) is 18.7. The number of hydrogen-bond acceptors (Lipinski definition) is 6. The largest absolute Gasteiger partial charge is 0.398 e. The summed E-state index contributed by atoms with van der Waals surface area (Å²) in [7, 11) is 0. The summed E-state index contributed by atoms with van der Waals surface area (Å²) < 4.78 is 0. The normalized spacial score (nSPS) is 14.5. The molecule has 12 N–H and O–H groups in total. The van der Waals surface area contributed by atoms with Crippen LogP contribution in [0.15, 0.2) is 97.1 Å². The van der Waals surface area contributed by atoms with Crippen LogP contribution in [0.5, 0.6) is 0 Å². The Hall–Kier alpha value is -10.0. The average Bonchev–Trinajstić information content (AvgIpc) is 3.58. The maximum atomic E-state index is 7.81. The van der Waals surface area contributed by atoms with Crippen LogP contribution in [-0.4, -0.2) is 0 Å². The average molecular weight is 929 g/mol. The molecule has 74 heavy (non-hydrogen) atoms. The third-order valence-electron chi connectivity index (χ3n) is 20.8. The zero-order valence-electron chi connectivity index (χ0n) is 38.7. The van der Waals surface area contributed by atoms with Crippen molar-refractivity contribution in [1.29, 1.82) is 0 Å². The smallest absolute Gasteiger partial charge is 0.0474 e. The second-order valence-electron chi connectivity index (χ2n) is 23.1. The highest BCUT2D eigenvalue weighted by Crippen LogP contribution is 2.69. The van der Waals surface area contributed by atoms with Crippen molar-refractivity contribution in [3.63, 3.8) is 0 Å². The first-order valence-electron chi connectivity index (χ1n) is 25.8. The minimum Gasteiger partial charge on any atom is -0.398 e. The highest BCUT2D eigenvalue weighted by molar-refractivity contribution is 6.70. The van der Waals surface area contributed by atoms with Gasteiger partial charge >= 0.3 is 0 Å². The lowest BCUT2D eigenvalue weighted by molar-refractivity contribution is 1.79. The van der Waals surface area contributed by atoms with Crippen LogP contribution in [0.25, 0.3) is 248 Å². The van der Waals surface area contributed by atoms with Crippen LogP contribution in [0.4, 0.5) is 34.1 Å². The van der Waals surface area contributed by atoms with Gasteiger partial charge in [0.2, 0.25) is 0 Å². The van der Waals surface area contributed by atoms with Crippen LogP contribution < -0.4 is 34.4 Å². The van der Waals surface area contributed by atoms with Gasteiger partial charge in [-0.15, -0.1) is 0 Å². The zero-order chi connectivity index (χ0) is 47.3. The summed E-state index contributed by atoms with van der Waals surface area (Å²) in [5, 5.41) is 55.6. The van der Waals surface area contributed by atoms with Gasteiger partial charge in [0.1, 0.15) is 0 Å². The summed E-state index contributed by atoms with van der Waals surface area (Å²) >= 11 is 0. The Morgan fingerprint density at radius 1 is 0.162 bits per heavy atom. The lowest BCUT2D eigenvalue weighted by Gasteiger charge is -2.34. The van der Waals surface area contributed by atoms with E-state index in [1.807, 2.05) is 0 Å². The molecule has 0 heterocycles. The Bertz CT molecular complexity index is 6400. The molecule has 6 nitrogen and oxygen atoms in total. The van der Waals surface area contributed by atoms with Crippen molar-refractivity contribution in [2.75, 3.05) is 34.4 Å². The number of anilines is 6. The Balaban J connectivity index is 1.20. The van der Waals surface area contributed by atoms with Crippen LogP contribution in [0.3, 0.4) is 0 Å². The maximum absolute atomic E-state index is 7.81. The molecule has 0 aromatic heterocycles. The van der Waals surface area contributed by atoms with E-state index in [9.17, 15) is 0 Å². The zero-order valence-corrected chi connectivity index (χ0v) is 38.7. The van der Waals surface area contributed by atoms with E-state index in [4.69, 9.17) is 34.4 Å². The van der Waals surface area contributed by atoms with Crippen LogP contribution in [0.1, 0.15) is 0 Å². The lowest BCUT2D eigenvalue weighted by Crippen LogP contribution is -2.07. The lowest BCUT2D eigenvalue weighted by atomic mass is 9.68. The van der Waals surface area contributed by atoms with Crippen molar-refractivity contribution in [2.24, 2.45) is 0 Å². The van der Waals surface area contributed by atoms with Gasteiger partial charge in [0.15, 0.2) is 0 Å². The molecule has 0 spiro atoms. The molecule has 0 fully saturated rings. The molecule has 0 aliphatic heterocycles. The first-order chi connectivity index (χ1) is 36.3. The van der Waals surface area contributed by atoms with Gasteiger partial charge in [-0.05, 0) is 133 Å². The van der Waals surface area contributed by atoms with Gasteiger partial charge in [0.25, 0.3) is 0 Å². The molecule has 0 amide bonds. The fraction of sp³-hybridized carbons (Fsp3) is 0. The molecule has 0 radical (unpaired) electrons. The van der Waals surface area contributed by atoms with Crippen molar-refractivity contribution < 1.29 is 0 Å². The van der Waals surface area contributed by atoms with Crippen molar-refractivity contribution in [3.05, 3.63) is 97.1 Å². The predicted molar refractivity (Wildman–Crippen MR) is 323 cm³/mol. The van der Waals surface area contributed by atoms with Crippen molar-refractivity contribution in [1.82, 2.24) is 0 Å². The Labute approximate surface area is 411 Å². The molecule has 6 heteroatoms. The second-order valence-corrected chi connectivity index (χ2v) is 23.1. The van der Waals surface area contributed by atoms with Gasteiger partial charge in [0.05, 0.1) is 0 Å². The number of fused-ring (bicyclic) bond motifs is 2. The molecule has 0 aliphatic rings. The summed E-state index contributed by atoms with van der Waals surface area (Å²) in [6.07, 6.45) is 0. The molecule has 0 saturated carbocycles. The molecule has 0 saturated heterocycles. The summed E-state index contributed by atoms with van der Waals surface area (Å²) in [6, 6.07) is 36.4. The standard InChI is InChI=1S/C68H28N6/c69-31-15-17-7-9-25-41-33(17)47-39(31)21-3-1-5-23-37(21)53-43-27(65(23)71)11-19-13-29-46-51-35(19)49(43)61-59-52-36-20(14-30(67(25)73)45(52)55(41)63(61)57(47)53)12-28-44-50(36)62(60(51)59)64-56(46)42-26(68(29)74)10-8-18-16-32(70)40-22-4-2-6-24(66(28)72)38(22)54(44)58(64)48(40)34(18)42/h1-16H,69-74H2. The Kier molecular flexibility index (Phi) is 4.17. The summed E-state index contributed by atoms with van der Waals surface area (Å²) in [5.74, 6) is 0. The first-order valence-corrected chi connectivity index (χ1v) is 25.8. The number of nitrogens with two attached hydrogens (primary N) is 6. The van der Waals surface area contributed by atoms with E-state index in [-0.39, 0.29) is 0 Å². The third kappa shape index (κ3) is 2.63. The number of nitrogen functional groups attached to an aromatic ring is 6. The minimum atomic E-state index is 0.778.